The Morgan fingerprint density at radius 3 is 2.38 bits per heavy atom. The number of anilines is 1. The second-order valence-corrected chi connectivity index (χ2v) is 4.62. The zero-order valence-corrected chi connectivity index (χ0v) is 11.8. The van der Waals surface area contributed by atoms with Gasteiger partial charge < -0.3 is 15.8 Å². The monoisotopic (exact) mass is 304 g/mol. The van der Waals surface area contributed by atoms with E-state index in [1.807, 2.05) is 0 Å². The molecular weight excluding hydrogens is 292 g/mol. The van der Waals surface area contributed by atoms with E-state index in [9.17, 15) is 9.59 Å². The summed E-state index contributed by atoms with van der Waals surface area (Å²) >= 11 is 5.96. The van der Waals surface area contributed by atoms with Crippen LogP contribution in [-0.2, 0) is 4.79 Å². The first-order valence-electron chi connectivity index (χ1n) is 6.13. The highest BCUT2D eigenvalue weighted by molar-refractivity contribution is 6.34. The average molecular weight is 305 g/mol. The second-order valence-electron chi connectivity index (χ2n) is 4.21. The van der Waals surface area contributed by atoms with E-state index < -0.39 is 5.91 Å². The molecule has 0 aromatic heterocycles. The summed E-state index contributed by atoms with van der Waals surface area (Å²) in [6, 6.07) is 13.4. The third-order valence-corrected chi connectivity index (χ3v) is 2.94. The molecule has 2 rings (SSSR count). The van der Waals surface area contributed by atoms with Gasteiger partial charge in [-0.2, -0.15) is 0 Å². The van der Waals surface area contributed by atoms with Crippen LogP contribution in [0.1, 0.15) is 10.4 Å². The lowest BCUT2D eigenvalue weighted by Crippen LogP contribution is -2.20. The van der Waals surface area contributed by atoms with Crippen LogP contribution in [-0.4, -0.2) is 18.4 Å². The van der Waals surface area contributed by atoms with Gasteiger partial charge in [0.25, 0.3) is 11.8 Å². The molecule has 2 amide bonds. The van der Waals surface area contributed by atoms with Crippen molar-refractivity contribution in [2.75, 3.05) is 11.9 Å². The molecule has 0 spiro atoms. The summed E-state index contributed by atoms with van der Waals surface area (Å²) in [6.07, 6.45) is 0. The lowest BCUT2D eigenvalue weighted by molar-refractivity contribution is -0.119. The minimum atomic E-state index is -0.550. The van der Waals surface area contributed by atoms with E-state index in [0.29, 0.717) is 22.0 Å². The fourth-order valence-corrected chi connectivity index (χ4v) is 1.85. The molecule has 0 radical (unpaired) electrons. The zero-order chi connectivity index (χ0) is 15.2. The van der Waals surface area contributed by atoms with E-state index in [1.54, 1.807) is 48.5 Å². The molecule has 0 heterocycles. The maximum atomic E-state index is 12.0. The summed E-state index contributed by atoms with van der Waals surface area (Å²) < 4.78 is 5.12. The highest BCUT2D eigenvalue weighted by Gasteiger charge is 2.09. The van der Waals surface area contributed by atoms with Gasteiger partial charge in [0.1, 0.15) is 5.75 Å². The lowest BCUT2D eigenvalue weighted by Gasteiger charge is -2.08. The van der Waals surface area contributed by atoms with E-state index in [0.717, 1.165) is 0 Å². The molecule has 0 aliphatic heterocycles. The van der Waals surface area contributed by atoms with E-state index >= 15 is 0 Å². The van der Waals surface area contributed by atoms with E-state index in [1.165, 1.54) is 0 Å². The van der Waals surface area contributed by atoms with Gasteiger partial charge in [0.15, 0.2) is 6.61 Å². The maximum absolute atomic E-state index is 12.0. The van der Waals surface area contributed by atoms with Gasteiger partial charge in [0.05, 0.1) is 10.6 Å². The lowest BCUT2D eigenvalue weighted by atomic mass is 10.2. The second kappa shape index (κ2) is 6.76. The van der Waals surface area contributed by atoms with E-state index in [2.05, 4.69) is 5.32 Å². The molecule has 108 valence electrons. The van der Waals surface area contributed by atoms with Crippen LogP contribution in [0.25, 0.3) is 0 Å². The first kappa shape index (κ1) is 14.9. The topological polar surface area (TPSA) is 81.4 Å². The Labute approximate surface area is 126 Å². The molecule has 5 nitrogen and oxygen atoms in total. The fourth-order valence-electron chi connectivity index (χ4n) is 1.63. The highest BCUT2D eigenvalue weighted by Crippen LogP contribution is 2.19. The van der Waals surface area contributed by atoms with Crippen molar-refractivity contribution >= 4 is 29.1 Å². The van der Waals surface area contributed by atoms with Crippen LogP contribution in [0.15, 0.2) is 48.5 Å². The van der Waals surface area contributed by atoms with Crippen LogP contribution < -0.4 is 15.8 Å². The molecular formula is C15H13ClN2O3. The van der Waals surface area contributed by atoms with Crippen molar-refractivity contribution in [3.05, 3.63) is 59.1 Å². The number of amides is 2. The van der Waals surface area contributed by atoms with Crippen molar-refractivity contribution in [3.8, 4) is 5.75 Å². The minimum absolute atomic E-state index is 0.189. The van der Waals surface area contributed by atoms with Gasteiger partial charge in [-0.1, -0.05) is 23.7 Å². The zero-order valence-electron chi connectivity index (χ0n) is 11.0. The Balaban J connectivity index is 2.02. The number of nitrogens with two attached hydrogens (primary N) is 1. The summed E-state index contributed by atoms with van der Waals surface area (Å²) in [5.41, 5.74) is 5.97. The molecule has 0 aliphatic rings. The molecule has 2 aromatic rings. The van der Waals surface area contributed by atoms with Gasteiger partial charge in [0.2, 0.25) is 0 Å². The third-order valence-electron chi connectivity index (χ3n) is 2.61. The smallest absolute Gasteiger partial charge is 0.257 e. The molecule has 2 aromatic carbocycles. The number of rotatable bonds is 5. The third kappa shape index (κ3) is 4.22. The van der Waals surface area contributed by atoms with Gasteiger partial charge in [0, 0.05) is 5.69 Å². The van der Waals surface area contributed by atoms with Crippen molar-refractivity contribution in [1.82, 2.24) is 0 Å². The fraction of sp³-hybridized carbons (Fsp3) is 0.0667. The Kier molecular flexibility index (Phi) is 4.79. The molecule has 0 fully saturated rings. The first-order chi connectivity index (χ1) is 10.1. The number of hydrogen-bond donors (Lipinski definition) is 2. The van der Waals surface area contributed by atoms with Gasteiger partial charge in [-0.05, 0) is 36.4 Å². The Morgan fingerprint density at radius 2 is 1.76 bits per heavy atom. The SMILES string of the molecule is NC(=O)COc1ccc(NC(=O)c2ccccc2Cl)cc1. The van der Waals surface area contributed by atoms with Crippen LogP contribution in [0.2, 0.25) is 5.02 Å². The molecule has 0 aliphatic carbocycles. The van der Waals surface area contributed by atoms with Crippen molar-refractivity contribution in [3.63, 3.8) is 0 Å². The number of halogens is 1. The largest absolute Gasteiger partial charge is 0.484 e. The summed E-state index contributed by atoms with van der Waals surface area (Å²) in [5, 5.41) is 3.11. The molecule has 21 heavy (non-hydrogen) atoms. The minimum Gasteiger partial charge on any atom is -0.484 e. The predicted octanol–water partition coefficient (Wildman–Crippen LogP) is 2.46. The number of hydrogen-bond acceptors (Lipinski definition) is 3. The number of primary amides is 1. The van der Waals surface area contributed by atoms with Crippen LogP contribution in [0.5, 0.6) is 5.75 Å². The first-order valence-corrected chi connectivity index (χ1v) is 6.51. The number of carbonyl (C=O) groups is 2. The molecule has 0 atom stereocenters. The van der Waals surface area contributed by atoms with Crippen LogP contribution in [0.4, 0.5) is 5.69 Å². The standard InChI is InChI=1S/C15H13ClN2O3/c16-13-4-2-1-3-12(13)15(20)18-10-5-7-11(8-6-10)21-9-14(17)19/h1-8H,9H2,(H2,17,19)(H,18,20). The average Bonchev–Trinajstić information content (AvgIpc) is 2.47. The van der Waals surface area contributed by atoms with E-state index in [4.69, 9.17) is 22.1 Å². The summed E-state index contributed by atoms with van der Waals surface area (Å²) in [7, 11) is 0. The molecule has 0 unspecified atom stereocenters. The summed E-state index contributed by atoms with van der Waals surface area (Å²) in [4.78, 5) is 22.6. The normalized spacial score (nSPS) is 9.95. The van der Waals surface area contributed by atoms with Crippen molar-refractivity contribution in [2.24, 2.45) is 5.73 Å². The Hall–Kier alpha value is -2.53. The predicted molar refractivity (Wildman–Crippen MR) is 80.5 cm³/mol. The quantitative estimate of drug-likeness (QED) is 0.890. The van der Waals surface area contributed by atoms with Crippen LogP contribution in [0.3, 0.4) is 0 Å². The Morgan fingerprint density at radius 1 is 1.10 bits per heavy atom. The molecule has 3 N–H and O–H groups in total. The van der Waals surface area contributed by atoms with Gasteiger partial charge >= 0.3 is 0 Å². The number of ether oxygens (including phenoxy) is 1. The van der Waals surface area contributed by atoms with Gasteiger partial charge in [-0.15, -0.1) is 0 Å². The summed E-state index contributed by atoms with van der Waals surface area (Å²) in [6.45, 7) is -0.189. The van der Waals surface area contributed by atoms with Crippen LogP contribution >= 0.6 is 11.6 Å². The molecule has 6 heteroatoms. The number of benzene rings is 2. The van der Waals surface area contributed by atoms with Crippen LogP contribution in [0, 0.1) is 0 Å². The molecule has 0 saturated heterocycles. The summed E-state index contributed by atoms with van der Waals surface area (Å²) in [5.74, 6) is -0.359. The highest BCUT2D eigenvalue weighted by atomic mass is 35.5. The Bertz CT molecular complexity index is 656. The number of nitrogens with one attached hydrogen (secondary N) is 1. The number of carbonyl (C=O) groups excluding carboxylic acids is 2. The van der Waals surface area contributed by atoms with Crippen molar-refractivity contribution < 1.29 is 14.3 Å². The van der Waals surface area contributed by atoms with Crippen molar-refractivity contribution in [2.45, 2.75) is 0 Å². The van der Waals surface area contributed by atoms with Gasteiger partial charge in [-0.25, -0.2) is 0 Å². The van der Waals surface area contributed by atoms with Gasteiger partial charge in [-0.3, -0.25) is 9.59 Å². The maximum Gasteiger partial charge on any atom is 0.257 e. The van der Waals surface area contributed by atoms with E-state index in [-0.39, 0.29) is 12.5 Å². The molecule has 0 saturated carbocycles. The molecule has 0 bridgehead atoms. The van der Waals surface area contributed by atoms with Crippen molar-refractivity contribution in [1.29, 1.82) is 0 Å².